The van der Waals surface area contributed by atoms with Crippen LogP contribution in [0.1, 0.15) is 163 Å². The van der Waals surface area contributed by atoms with E-state index in [2.05, 4.69) is 93.6 Å². The molecule has 24 nitrogen and oxygen atoms in total. The maximum atomic E-state index is 13.3. The summed E-state index contributed by atoms with van der Waals surface area (Å²) in [6, 6.07) is 27.7. The van der Waals surface area contributed by atoms with Crippen molar-refractivity contribution in [3.05, 3.63) is 125 Å². The Bertz CT molecular complexity index is 4510. The van der Waals surface area contributed by atoms with Crippen LogP contribution in [-0.4, -0.2) is 176 Å². The summed E-state index contributed by atoms with van der Waals surface area (Å²) in [4.78, 5) is 88.4. The number of amides is 4. The van der Waals surface area contributed by atoms with Gasteiger partial charge in [-0.15, -0.1) is 0 Å². The van der Waals surface area contributed by atoms with Gasteiger partial charge >= 0.3 is 18.3 Å². The Labute approximate surface area is 621 Å². The average molecular weight is 1450 g/mol. The zero-order valence-electron chi connectivity index (χ0n) is 62.9. The van der Waals surface area contributed by atoms with Crippen molar-refractivity contribution in [3.8, 4) is 6.07 Å². The second-order valence-corrected chi connectivity index (χ2v) is 30.7. The van der Waals surface area contributed by atoms with Crippen LogP contribution in [0.5, 0.6) is 0 Å². The van der Waals surface area contributed by atoms with Gasteiger partial charge in [-0.3, -0.25) is 29.0 Å². The second-order valence-electron chi connectivity index (χ2n) is 30.7. The van der Waals surface area contributed by atoms with E-state index in [1.807, 2.05) is 45.5 Å². The summed E-state index contributed by atoms with van der Waals surface area (Å²) in [5, 5.41) is 13.5. The molecule has 0 N–H and O–H groups in total. The van der Waals surface area contributed by atoms with Crippen molar-refractivity contribution in [2.24, 2.45) is 17.8 Å². The number of carbonyl (C=O) groups is 5. The molecule has 4 aromatic carbocycles. The molecule has 11 heterocycles. The Balaban J connectivity index is 0.000000134. The van der Waals surface area contributed by atoms with Crippen molar-refractivity contribution < 1.29 is 47.7 Å². The maximum absolute atomic E-state index is 13.3. The first-order valence-corrected chi connectivity index (χ1v) is 38.8. The Kier molecular flexibility index (Phi) is 22.6. The van der Waals surface area contributed by atoms with Gasteiger partial charge in [0.05, 0.1) is 89.8 Å². The Hall–Kier alpha value is -9.18. The normalized spacial score (nSPS) is 22.1. The van der Waals surface area contributed by atoms with Gasteiger partial charge in [-0.1, -0.05) is 36.8 Å². The molecule has 0 radical (unpaired) electrons. The fraction of sp³-hybridized carbons (Fsp3) is 0.561. The summed E-state index contributed by atoms with van der Waals surface area (Å²) >= 11 is 0. The molecule has 0 unspecified atom stereocenters. The summed E-state index contributed by atoms with van der Waals surface area (Å²) in [7, 11) is 4.29. The van der Waals surface area contributed by atoms with Gasteiger partial charge in [0.25, 0.3) is 0 Å². The van der Waals surface area contributed by atoms with E-state index in [9.17, 15) is 29.2 Å². The minimum atomic E-state index is -0.378. The van der Waals surface area contributed by atoms with Crippen molar-refractivity contribution in [3.63, 3.8) is 0 Å². The second kappa shape index (κ2) is 32.5. The lowest BCUT2D eigenvalue weighted by Crippen LogP contribution is -2.52. The average Bonchev–Trinajstić information content (AvgIpc) is 1.60. The number of carbonyl (C=O) groups excluding carboxylic acids is 5. The lowest BCUT2D eigenvalue weighted by molar-refractivity contribution is -0.172. The molecule has 4 aromatic heterocycles. The molecule has 1 saturated carbocycles. The molecule has 1 spiro atoms. The molecule has 106 heavy (non-hydrogen) atoms. The van der Waals surface area contributed by atoms with Crippen LogP contribution in [0.2, 0.25) is 0 Å². The number of rotatable bonds is 15. The van der Waals surface area contributed by atoms with Crippen LogP contribution >= 0.6 is 0 Å². The van der Waals surface area contributed by atoms with Crippen LogP contribution in [0.25, 0.3) is 33.1 Å². The molecule has 4 saturated heterocycles. The van der Waals surface area contributed by atoms with Crippen molar-refractivity contribution in [1.29, 1.82) is 5.26 Å². The van der Waals surface area contributed by atoms with Gasteiger partial charge in [0, 0.05) is 143 Å². The molecular formula is C82H104N14O10. The number of ketones is 1. The standard InChI is InChI=1S/C29H36N4O3.C27H37N3O4.C26H31N7O3/c1-21-8-9-23-24(33(21)28(34)35-2)10-11-25-27(23)30-26(20-22-6-4-3-5-7-22)32(25)18-17-31-15-12-29(13-16-31)14-19-36-29;1-17-7-9-22-23(29(17)27(32)33-3)10-11-24-26(22)28-25(12-8-19-13-14-34-16-19)30(24)21-6-4-5-20(15-21)18(2)31;1-18-4-5-20-21(33(18)26(35)36-2)6-7-22-25(20)29-23(10-15-31-12-3-11-28-31)32(22)17-24(34)30-13-8-19(16-27)9-14-30/h3-7,10-11,21H,8-9,12-20H2,1-2H3;10-11,17,19-21H,4-9,12-16H2,1-3H3;3,6-7,11-12,18-19H,4-5,8-10,13-15,17H2,1-2H3/t21-;17-,19-,20+,21+;18-/m000/s1. The van der Waals surface area contributed by atoms with Gasteiger partial charge in [-0.25, -0.2) is 29.3 Å². The number of piperidine rings is 2. The molecule has 7 aliphatic heterocycles. The zero-order chi connectivity index (χ0) is 73.8. The third-order valence-electron chi connectivity index (χ3n) is 24.2. The van der Waals surface area contributed by atoms with E-state index in [0.29, 0.717) is 56.6 Å². The third-order valence-corrected chi connectivity index (χ3v) is 24.2. The highest BCUT2D eigenvalue weighted by atomic mass is 16.6. The SMILES string of the molecule is COC(=O)N1c2ccc3c(nc(CC[C@H]4CCOC4)n3[C@@H]3CCC[C@@H](C(C)=O)C3)c2CC[C@@H]1C.COC(=O)N1c2ccc3c(nc(CCn4cccn4)n3CC(=O)N3CCC(C#N)CC3)c2CC[C@@H]1C.COC(=O)N1c2ccc3c(nc(Cc4ccccc4)n3CCN3CCC4(CCO4)CC3)c2CC[C@@H]1C. The molecule has 562 valence electrons. The molecule has 6 atom stereocenters. The van der Waals surface area contributed by atoms with Crippen molar-refractivity contribution in [2.45, 2.75) is 206 Å². The summed E-state index contributed by atoms with van der Waals surface area (Å²) in [5.74, 6) is 4.12. The number of methoxy groups -OCH3 is 3. The number of aromatic nitrogens is 8. The topological polar surface area (TPSA) is 243 Å². The maximum Gasteiger partial charge on any atom is 0.414 e. The smallest absolute Gasteiger partial charge is 0.414 e. The Morgan fingerprint density at radius 1 is 0.604 bits per heavy atom. The van der Waals surface area contributed by atoms with Crippen LogP contribution in [-0.2, 0) is 91.4 Å². The number of nitriles is 1. The highest BCUT2D eigenvalue weighted by molar-refractivity contribution is 5.98. The van der Waals surface area contributed by atoms with Gasteiger partial charge in [0.1, 0.15) is 29.8 Å². The molecular weight excluding hydrogens is 1340 g/mol. The number of aryl methyl sites for hydroxylation is 6. The lowest BCUT2D eigenvalue weighted by Gasteiger charge is -2.47. The number of hydrogen-bond donors (Lipinski definition) is 0. The van der Waals surface area contributed by atoms with Gasteiger partial charge in [-0.2, -0.15) is 10.4 Å². The summed E-state index contributed by atoms with van der Waals surface area (Å²) in [5.41, 5.74) is 13.5. The predicted molar refractivity (Wildman–Crippen MR) is 405 cm³/mol. The van der Waals surface area contributed by atoms with Crippen LogP contribution in [0.3, 0.4) is 0 Å². The number of fused-ring (bicyclic) bond motifs is 9. The minimum absolute atomic E-state index is 0.0272. The van der Waals surface area contributed by atoms with Crippen LogP contribution in [0, 0.1) is 29.1 Å². The van der Waals surface area contributed by atoms with Crippen molar-refractivity contribution in [2.75, 3.05) is 88.6 Å². The van der Waals surface area contributed by atoms with Crippen molar-refractivity contribution in [1.82, 2.24) is 48.2 Å². The van der Waals surface area contributed by atoms with Crippen molar-refractivity contribution >= 4 is 80.1 Å². The number of anilines is 3. The first-order chi connectivity index (χ1) is 51.5. The Morgan fingerprint density at radius 3 is 1.72 bits per heavy atom. The van der Waals surface area contributed by atoms with E-state index in [4.69, 9.17) is 38.6 Å². The largest absolute Gasteiger partial charge is 0.452 e. The summed E-state index contributed by atoms with van der Waals surface area (Å²) in [6.45, 7) is 16.7. The lowest BCUT2D eigenvalue weighted by atomic mass is 9.83. The third kappa shape index (κ3) is 15.3. The predicted octanol–water partition coefficient (Wildman–Crippen LogP) is 13.2. The van der Waals surface area contributed by atoms with E-state index in [-0.39, 0.29) is 66.3 Å². The summed E-state index contributed by atoms with van der Waals surface area (Å²) in [6.07, 6.45) is 21.4. The van der Waals surface area contributed by atoms with E-state index in [1.165, 1.54) is 33.3 Å². The highest BCUT2D eigenvalue weighted by Gasteiger charge is 2.42. The van der Waals surface area contributed by atoms with Gasteiger partial charge in [-0.05, 0) is 184 Å². The number of imidazole rings is 3. The summed E-state index contributed by atoms with van der Waals surface area (Å²) < 4.78 is 35.5. The van der Waals surface area contributed by atoms with Crippen LogP contribution in [0.15, 0.2) is 85.2 Å². The quantitative estimate of drug-likeness (QED) is 0.0866. The van der Waals surface area contributed by atoms with Gasteiger partial charge < -0.3 is 47.2 Å². The number of Topliss-reactive ketones (excluding diaryl/α,β-unsaturated/α-hetero) is 1. The molecule has 5 fully saturated rings. The molecule has 1 aliphatic carbocycles. The van der Waals surface area contributed by atoms with E-state index in [0.717, 1.165) is 233 Å². The van der Waals surface area contributed by atoms with E-state index < -0.39 is 0 Å². The minimum Gasteiger partial charge on any atom is -0.452 e. The highest BCUT2D eigenvalue weighted by Crippen LogP contribution is 2.44. The molecule has 0 bridgehead atoms. The first kappa shape index (κ1) is 73.7. The molecule has 8 aromatic rings. The fourth-order valence-electron chi connectivity index (χ4n) is 17.9. The monoisotopic (exact) mass is 1440 g/mol. The number of likely N-dealkylation sites (tertiary alicyclic amines) is 2. The Morgan fingerprint density at radius 2 is 1.18 bits per heavy atom. The van der Waals surface area contributed by atoms with Crippen LogP contribution in [0.4, 0.5) is 31.4 Å². The number of nitrogens with zero attached hydrogens (tertiary/aromatic N) is 14. The number of hydrogen-bond acceptors (Lipinski definition) is 16. The number of benzene rings is 4. The molecule has 16 rings (SSSR count). The van der Waals surface area contributed by atoms with Crippen LogP contribution < -0.4 is 14.7 Å². The first-order valence-electron chi connectivity index (χ1n) is 38.8. The van der Waals surface area contributed by atoms with E-state index in [1.54, 1.807) is 27.8 Å². The van der Waals surface area contributed by atoms with Gasteiger partial charge in [0.15, 0.2) is 0 Å². The van der Waals surface area contributed by atoms with Gasteiger partial charge in [0.2, 0.25) is 5.91 Å². The molecule has 8 aliphatic rings. The van der Waals surface area contributed by atoms with E-state index >= 15 is 0 Å². The molecule has 4 amide bonds. The molecule has 24 heteroatoms. The fourth-order valence-corrected chi connectivity index (χ4v) is 17.9. The number of ether oxygens (including phenoxy) is 5. The zero-order valence-corrected chi connectivity index (χ0v) is 62.9.